The summed E-state index contributed by atoms with van der Waals surface area (Å²) < 4.78 is 10.4. The molecule has 4 nitrogen and oxygen atoms in total. The molecule has 4 heteroatoms. The highest BCUT2D eigenvalue weighted by atomic mass is 16.6. The molecule has 0 aromatic carbocycles. The van der Waals surface area contributed by atoms with Crippen LogP contribution in [0.4, 0.5) is 0 Å². The first-order valence-corrected chi connectivity index (χ1v) is 7.86. The Labute approximate surface area is 123 Å². The van der Waals surface area contributed by atoms with E-state index in [4.69, 9.17) is 9.47 Å². The quantitative estimate of drug-likeness (QED) is 0.453. The smallest absolute Gasteiger partial charge is 0.323 e. The fourth-order valence-electron chi connectivity index (χ4n) is 2.59. The zero-order valence-electron chi connectivity index (χ0n) is 13.7. The van der Waals surface area contributed by atoms with Crippen LogP contribution in [0, 0.1) is 11.3 Å². The molecule has 0 unspecified atom stereocenters. The highest BCUT2D eigenvalue weighted by molar-refractivity contribution is 6.00. The van der Waals surface area contributed by atoms with E-state index >= 15 is 0 Å². The number of esters is 2. The molecule has 0 aliphatic heterocycles. The summed E-state index contributed by atoms with van der Waals surface area (Å²) in [5.41, 5.74) is -1.13. The number of hydrogen-bond acceptors (Lipinski definition) is 4. The van der Waals surface area contributed by atoms with E-state index in [9.17, 15) is 9.59 Å². The van der Waals surface area contributed by atoms with Gasteiger partial charge in [0.05, 0.1) is 13.2 Å². The van der Waals surface area contributed by atoms with Crippen molar-refractivity contribution in [3.63, 3.8) is 0 Å². The topological polar surface area (TPSA) is 52.6 Å². The van der Waals surface area contributed by atoms with Gasteiger partial charge >= 0.3 is 11.9 Å². The van der Waals surface area contributed by atoms with E-state index in [1.807, 2.05) is 6.92 Å². The highest BCUT2D eigenvalue weighted by Crippen LogP contribution is 2.37. The minimum Gasteiger partial charge on any atom is -0.465 e. The summed E-state index contributed by atoms with van der Waals surface area (Å²) >= 11 is 0. The van der Waals surface area contributed by atoms with Gasteiger partial charge in [-0.2, -0.15) is 0 Å². The first-order chi connectivity index (χ1) is 9.52. The monoisotopic (exact) mass is 286 g/mol. The Morgan fingerprint density at radius 1 is 0.900 bits per heavy atom. The number of hydrogen-bond donors (Lipinski definition) is 0. The largest absolute Gasteiger partial charge is 0.465 e. The molecular formula is C16H30O4. The van der Waals surface area contributed by atoms with Crippen LogP contribution in [-0.4, -0.2) is 25.2 Å². The van der Waals surface area contributed by atoms with Crippen molar-refractivity contribution in [2.75, 3.05) is 13.2 Å². The van der Waals surface area contributed by atoms with Crippen molar-refractivity contribution in [1.82, 2.24) is 0 Å². The fourth-order valence-corrected chi connectivity index (χ4v) is 2.59. The molecular weight excluding hydrogens is 256 g/mol. The van der Waals surface area contributed by atoms with E-state index in [-0.39, 0.29) is 13.2 Å². The Kier molecular flexibility index (Phi) is 9.26. The van der Waals surface area contributed by atoms with Gasteiger partial charge in [-0.25, -0.2) is 0 Å². The van der Waals surface area contributed by atoms with Crippen LogP contribution in [0.2, 0.25) is 0 Å². The Morgan fingerprint density at radius 2 is 1.35 bits per heavy atom. The number of carbonyl (C=O) groups excluding carboxylic acids is 2. The van der Waals surface area contributed by atoms with Crippen LogP contribution in [0.25, 0.3) is 0 Å². The second-order valence-corrected chi connectivity index (χ2v) is 5.16. The predicted octanol–water partition coefficient (Wildman–Crippen LogP) is 3.73. The number of rotatable bonds is 10. The second kappa shape index (κ2) is 9.78. The van der Waals surface area contributed by atoms with Gasteiger partial charge in [0, 0.05) is 0 Å². The van der Waals surface area contributed by atoms with E-state index < -0.39 is 17.4 Å². The fraction of sp³-hybridized carbons (Fsp3) is 0.875. The van der Waals surface area contributed by atoms with Crippen LogP contribution in [0.3, 0.4) is 0 Å². The standard InChI is InChI=1S/C16H30O4/c1-6-11-16(14(17)19-9-4,15(18)20-10-5)12-13(7-2)8-3/h13H,6-12H2,1-5H3. The summed E-state index contributed by atoms with van der Waals surface area (Å²) in [5, 5.41) is 0. The van der Waals surface area contributed by atoms with E-state index in [2.05, 4.69) is 13.8 Å². The molecule has 0 bridgehead atoms. The Hall–Kier alpha value is -1.06. The third kappa shape index (κ3) is 4.80. The maximum absolute atomic E-state index is 12.4. The van der Waals surface area contributed by atoms with Gasteiger partial charge in [-0.3, -0.25) is 9.59 Å². The molecule has 0 rings (SSSR count). The van der Waals surface area contributed by atoms with Crippen molar-refractivity contribution in [3.05, 3.63) is 0 Å². The van der Waals surface area contributed by atoms with Gasteiger partial charge < -0.3 is 9.47 Å². The lowest BCUT2D eigenvalue weighted by molar-refractivity contribution is -0.174. The average Bonchev–Trinajstić information content (AvgIpc) is 2.43. The summed E-state index contributed by atoms with van der Waals surface area (Å²) in [5.74, 6) is -0.519. The molecule has 0 amide bonds. The van der Waals surface area contributed by atoms with Crippen molar-refractivity contribution in [3.8, 4) is 0 Å². The lowest BCUT2D eigenvalue weighted by Crippen LogP contribution is -2.43. The van der Waals surface area contributed by atoms with Gasteiger partial charge in [-0.05, 0) is 32.6 Å². The van der Waals surface area contributed by atoms with Crippen LogP contribution in [0.5, 0.6) is 0 Å². The van der Waals surface area contributed by atoms with Crippen LogP contribution in [0.15, 0.2) is 0 Å². The Balaban J connectivity index is 5.41. The summed E-state index contributed by atoms with van der Waals surface area (Å²) in [4.78, 5) is 24.8. The Bertz CT molecular complexity index is 277. The van der Waals surface area contributed by atoms with Crippen molar-refractivity contribution in [1.29, 1.82) is 0 Å². The molecule has 20 heavy (non-hydrogen) atoms. The van der Waals surface area contributed by atoms with Gasteiger partial charge in [0.2, 0.25) is 0 Å². The molecule has 0 aromatic heterocycles. The number of carbonyl (C=O) groups is 2. The highest BCUT2D eigenvalue weighted by Gasteiger charge is 2.48. The first-order valence-electron chi connectivity index (χ1n) is 7.86. The van der Waals surface area contributed by atoms with Gasteiger partial charge in [0.1, 0.15) is 0 Å². The van der Waals surface area contributed by atoms with Crippen molar-refractivity contribution >= 4 is 11.9 Å². The molecule has 0 atom stereocenters. The van der Waals surface area contributed by atoms with E-state index in [0.29, 0.717) is 18.8 Å². The van der Waals surface area contributed by atoms with E-state index in [1.165, 1.54) is 0 Å². The lowest BCUT2D eigenvalue weighted by Gasteiger charge is -2.31. The van der Waals surface area contributed by atoms with Crippen molar-refractivity contribution in [2.24, 2.45) is 11.3 Å². The van der Waals surface area contributed by atoms with E-state index in [1.54, 1.807) is 13.8 Å². The van der Waals surface area contributed by atoms with Crippen LogP contribution >= 0.6 is 0 Å². The third-order valence-corrected chi connectivity index (χ3v) is 3.80. The normalized spacial score (nSPS) is 11.5. The zero-order chi connectivity index (χ0) is 15.6. The summed E-state index contributed by atoms with van der Waals surface area (Å²) in [7, 11) is 0. The maximum atomic E-state index is 12.4. The second-order valence-electron chi connectivity index (χ2n) is 5.16. The lowest BCUT2D eigenvalue weighted by atomic mass is 9.74. The predicted molar refractivity (Wildman–Crippen MR) is 79.3 cm³/mol. The molecule has 0 N–H and O–H groups in total. The summed E-state index contributed by atoms with van der Waals surface area (Å²) in [6.45, 7) is 10.2. The first kappa shape index (κ1) is 18.9. The molecule has 0 aliphatic rings. The molecule has 0 radical (unpaired) electrons. The van der Waals surface area contributed by atoms with Gasteiger partial charge in [0.15, 0.2) is 5.41 Å². The number of ether oxygens (including phenoxy) is 2. The van der Waals surface area contributed by atoms with Gasteiger partial charge in [0.25, 0.3) is 0 Å². The van der Waals surface area contributed by atoms with Gasteiger partial charge in [-0.15, -0.1) is 0 Å². The minimum absolute atomic E-state index is 0.284. The third-order valence-electron chi connectivity index (χ3n) is 3.80. The van der Waals surface area contributed by atoms with Crippen molar-refractivity contribution < 1.29 is 19.1 Å². The summed E-state index contributed by atoms with van der Waals surface area (Å²) in [6, 6.07) is 0. The molecule has 0 saturated carbocycles. The minimum atomic E-state index is -1.13. The molecule has 118 valence electrons. The Morgan fingerprint density at radius 3 is 1.65 bits per heavy atom. The molecule has 0 aromatic rings. The molecule has 0 aliphatic carbocycles. The molecule has 0 fully saturated rings. The average molecular weight is 286 g/mol. The molecule has 0 spiro atoms. The van der Waals surface area contributed by atoms with Crippen LogP contribution < -0.4 is 0 Å². The van der Waals surface area contributed by atoms with Crippen LogP contribution in [-0.2, 0) is 19.1 Å². The van der Waals surface area contributed by atoms with Crippen LogP contribution in [0.1, 0.15) is 66.7 Å². The van der Waals surface area contributed by atoms with Gasteiger partial charge in [-0.1, -0.05) is 40.0 Å². The maximum Gasteiger partial charge on any atom is 0.323 e. The zero-order valence-corrected chi connectivity index (χ0v) is 13.7. The SMILES string of the molecule is CCCC(CC(CC)CC)(C(=O)OCC)C(=O)OCC. The summed E-state index contributed by atoms with van der Waals surface area (Å²) in [6.07, 6.45) is 3.64. The molecule has 0 saturated heterocycles. The van der Waals surface area contributed by atoms with E-state index in [0.717, 1.165) is 19.3 Å². The molecule has 0 heterocycles. The van der Waals surface area contributed by atoms with Crippen molar-refractivity contribution in [2.45, 2.75) is 66.7 Å².